The standard InChI is InChI=1S/C23H23ClN4O4S/c1-23(2,3)28-33(31,32)20-14-16(7-8-19(20)24)22(30)27-18-6-4-5-15(13-18)21(29)26-17-9-11-25-12-10-17/h4-14,28H,1-3H3,(H,27,30)(H,25,26,29). The van der Waals surface area contributed by atoms with Crippen molar-refractivity contribution >= 4 is 44.8 Å². The number of halogens is 1. The van der Waals surface area contributed by atoms with Gasteiger partial charge in [-0.15, -0.1) is 0 Å². The summed E-state index contributed by atoms with van der Waals surface area (Å²) in [7, 11) is -3.94. The molecule has 0 fully saturated rings. The van der Waals surface area contributed by atoms with Crippen molar-refractivity contribution in [2.75, 3.05) is 10.6 Å². The zero-order chi connectivity index (χ0) is 24.2. The Kier molecular flexibility index (Phi) is 7.16. The lowest BCUT2D eigenvalue weighted by Gasteiger charge is -2.21. The van der Waals surface area contributed by atoms with E-state index < -0.39 is 21.5 Å². The fourth-order valence-electron chi connectivity index (χ4n) is 2.89. The molecule has 0 saturated heterocycles. The highest BCUT2D eigenvalue weighted by atomic mass is 35.5. The molecule has 0 atom stereocenters. The van der Waals surface area contributed by atoms with Crippen LogP contribution < -0.4 is 15.4 Å². The SMILES string of the molecule is CC(C)(C)NS(=O)(=O)c1cc(C(=O)Nc2cccc(C(=O)Nc3ccncc3)c2)ccc1Cl. The summed E-state index contributed by atoms with van der Waals surface area (Å²) in [4.78, 5) is 29.0. The first kappa shape index (κ1) is 24.4. The first-order valence-corrected chi connectivity index (χ1v) is 11.8. The van der Waals surface area contributed by atoms with Crippen LogP contribution in [0.4, 0.5) is 11.4 Å². The summed E-state index contributed by atoms with van der Waals surface area (Å²) in [6, 6.07) is 13.7. The third kappa shape index (κ3) is 6.61. The van der Waals surface area contributed by atoms with Crippen molar-refractivity contribution < 1.29 is 18.0 Å². The van der Waals surface area contributed by atoms with Gasteiger partial charge < -0.3 is 10.6 Å². The minimum atomic E-state index is -3.94. The zero-order valence-electron chi connectivity index (χ0n) is 18.2. The van der Waals surface area contributed by atoms with Gasteiger partial charge in [-0.3, -0.25) is 14.6 Å². The predicted octanol–water partition coefficient (Wildman–Crippen LogP) is 4.32. The molecule has 1 aromatic heterocycles. The quantitative estimate of drug-likeness (QED) is 0.479. The molecule has 10 heteroatoms. The van der Waals surface area contributed by atoms with E-state index in [4.69, 9.17) is 11.6 Å². The molecular weight excluding hydrogens is 464 g/mol. The molecule has 8 nitrogen and oxygen atoms in total. The van der Waals surface area contributed by atoms with E-state index in [9.17, 15) is 18.0 Å². The van der Waals surface area contributed by atoms with Gasteiger partial charge in [-0.25, -0.2) is 13.1 Å². The molecule has 0 aliphatic rings. The molecule has 0 radical (unpaired) electrons. The lowest BCUT2D eigenvalue weighted by molar-refractivity contribution is 0.101. The van der Waals surface area contributed by atoms with Gasteiger partial charge in [-0.2, -0.15) is 0 Å². The lowest BCUT2D eigenvalue weighted by Crippen LogP contribution is -2.40. The van der Waals surface area contributed by atoms with Crippen molar-refractivity contribution in [3.8, 4) is 0 Å². The molecule has 0 saturated carbocycles. The second kappa shape index (κ2) is 9.70. The minimum absolute atomic E-state index is 0.00178. The Labute approximate surface area is 197 Å². The topological polar surface area (TPSA) is 117 Å². The van der Waals surface area contributed by atoms with Crippen LogP contribution in [-0.2, 0) is 10.0 Å². The van der Waals surface area contributed by atoms with E-state index in [1.54, 1.807) is 63.5 Å². The number of pyridine rings is 1. The van der Waals surface area contributed by atoms with Crippen LogP contribution in [0.25, 0.3) is 0 Å². The van der Waals surface area contributed by atoms with E-state index in [-0.39, 0.29) is 21.4 Å². The molecule has 0 aliphatic carbocycles. The summed E-state index contributed by atoms with van der Waals surface area (Å²) in [6.07, 6.45) is 3.12. The first-order valence-electron chi connectivity index (χ1n) is 9.91. The normalized spacial score (nSPS) is 11.6. The van der Waals surface area contributed by atoms with Gasteiger partial charge in [-0.1, -0.05) is 17.7 Å². The number of anilines is 2. The summed E-state index contributed by atoms with van der Waals surface area (Å²) in [5, 5.41) is 5.41. The Bertz CT molecular complexity index is 1290. The second-order valence-electron chi connectivity index (χ2n) is 8.23. The van der Waals surface area contributed by atoms with Gasteiger partial charge in [0.25, 0.3) is 11.8 Å². The predicted molar refractivity (Wildman–Crippen MR) is 128 cm³/mol. The van der Waals surface area contributed by atoms with Crippen LogP contribution >= 0.6 is 11.6 Å². The summed E-state index contributed by atoms with van der Waals surface area (Å²) >= 11 is 6.10. The summed E-state index contributed by atoms with van der Waals surface area (Å²) in [5.41, 5.74) is 0.661. The molecule has 2 amide bonds. The van der Waals surface area contributed by atoms with Gasteiger partial charge in [-0.05, 0) is 69.3 Å². The Morgan fingerprint density at radius 1 is 0.848 bits per heavy atom. The maximum Gasteiger partial charge on any atom is 0.255 e. The molecule has 0 unspecified atom stereocenters. The van der Waals surface area contributed by atoms with Crippen molar-refractivity contribution in [1.82, 2.24) is 9.71 Å². The van der Waals surface area contributed by atoms with E-state index in [2.05, 4.69) is 20.3 Å². The van der Waals surface area contributed by atoms with Crippen molar-refractivity contribution in [2.45, 2.75) is 31.2 Å². The van der Waals surface area contributed by atoms with Gasteiger partial charge >= 0.3 is 0 Å². The van der Waals surface area contributed by atoms with Crippen LogP contribution in [-0.4, -0.2) is 30.8 Å². The molecule has 3 N–H and O–H groups in total. The zero-order valence-corrected chi connectivity index (χ0v) is 19.8. The third-order valence-electron chi connectivity index (χ3n) is 4.24. The van der Waals surface area contributed by atoms with Crippen LogP contribution in [0, 0.1) is 0 Å². The molecular formula is C23H23ClN4O4S. The van der Waals surface area contributed by atoms with Gasteiger partial charge in [0.05, 0.1) is 5.02 Å². The first-order chi connectivity index (χ1) is 15.4. The Morgan fingerprint density at radius 2 is 1.45 bits per heavy atom. The Hall–Kier alpha value is -3.27. The number of rotatable bonds is 6. The van der Waals surface area contributed by atoms with E-state index in [1.807, 2.05) is 0 Å². The molecule has 2 aromatic carbocycles. The molecule has 0 aliphatic heterocycles. The largest absolute Gasteiger partial charge is 0.322 e. The number of hydrogen-bond acceptors (Lipinski definition) is 5. The van der Waals surface area contributed by atoms with Crippen LogP contribution in [0.2, 0.25) is 5.02 Å². The molecule has 172 valence electrons. The summed E-state index contributed by atoms with van der Waals surface area (Å²) in [5.74, 6) is -0.906. The highest BCUT2D eigenvalue weighted by Crippen LogP contribution is 2.25. The summed E-state index contributed by atoms with van der Waals surface area (Å²) in [6.45, 7) is 5.10. The number of benzene rings is 2. The van der Waals surface area contributed by atoms with E-state index in [1.165, 1.54) is 24.3 Å². The monoisotopic (exact) mass is 486 g/mol. The molecule has 3 aromatic rings. The van der Waals surface area contributed by atoms with E-state index in [0.29, 0.717) is 16.9 Å². The molecule has 3 rings (SSSR count). The smallest absolute Gasteiger partial charge is 0.255 e. The molecule has 1 heterocycles. The van der Waals surface area contributed by atoms with Crippen LogP contribution in [0.15, 0.2) is 71.9 Å². The Morgan fingerprint density at radius 3 is 2.09 bits per heavy atom. The van der Waals surface area contributed by atoms with Gasteiger partial charge in [0.1, 0.15) is 4.90 Å². The van der Waals surface area contributed by atoms with E-state index in [0.717, 1.165) is 0 Å². The number of sulfonamides is 1. The second-order valence-corrected chi connectivity index (χ2v) is 10.3. The van der Waals surface area contributed by atoms with Crippen LogP contribution in [0.5, 0.6) is 0 Å². The summed E-state index contributed by atoms with van der Waals surface area (Å²) < 4.78 is 27.9. The van der Waals surface area contributed by atoms with Crippen LogP contribution in [0.1, 0.15) is 41.5 Å². The van der Waals surface area contributed by atoms with Crippen LogP contribution in [0.3, 0.4) is 0 Å². The third-order valence-corrected chi connectivity index (χ3v) is 6.48. The number of nitrogens with zero attached hydrogens (tertiary/aromatic N) is 1. The molecule has 0 spiro atoms. The fraction of sp³-hybridized carbons (Fsp3) is 0.174. The number of nitrogens with one attached hydrogen (secondary N) is 3. The van der Waals surface area contributed by atoms with Crippen molar-refractivity contribution in [2.24, 2.45) is 0 Å². The fourth-order valence-corrected chi connectivity index (χ4v) is 4.83. The van der Waals surface area contributed by atoms with Gasteiger partial charge in [0.15, 0.2) is 0 Å². The highest BCUT2D eigenvalue weighted by Gasteiger charge is 2.25. The maximum atomic E-state index is 12.8. The number of aromatic nitrogens is 1. The average molecular weight is 487 g/mol. The van der Waals surface area contributed by atoms with Crippen molar-refractivity contribution in [3.63, 3.8) is 0 Å². The lowest BCUT2D eigenvalue weighted by atomic mass is 10.1. The van der Waals surface area contributed by atoms with E-state index >= 15 is 0 Å². The Balaban J connectivity index is 1.79. The average Bonchev–Trinajstić information content (AvgIpc) is 2.73. The number of carbonyl (C=O) groups excluding carboxylic acids is 2. The molecule has 33 heavy (non-hydrogen) atoms. The van der Waals surface area contributed by atoms with Gasteiger partial charge in [0.2, 0.25) is 10.0 Å². The van der Waals surface area contributed by atoms with Crippen molar-refractivity contribution in [1.29, 1.82) is 0 Å². The molecule has 0 bridgehead atoms. The minimum Gasteiger partial charge on any atom is -0.322 e. The van der Waals surface area contributed by atoms with Gasteiger partial charge in [0, 0.05) is 40.4 Å². The van der Waals surface area contributed by atoms with Crippen molar-refractivity contribution in [3.05, 3.63) is 83.1 Å². The maximum absolute atomic E-state index is 12.8. The number of hydrogen-bond donors (Lipinski definition) is 3. The number of amides is 2. The number of carbonyl (C=O) groups is 2. The highest BCUT2D eigenvalue weighted by molar-refractivity contribution is 7.89.